The minimum Gasteiger partial charge on any atom is -0.378 e. The number of benzene rings is 1. The van der Waals surface area contributed by atoms with Gasteiger partial charge in [0.05, 0.1) is 18.0 Å². The van der Waals surface area contributed by atoms with E-state index in [-0.39, 0.29) is 12.1 Å². The Labute approximate surface area is 173 Å². The predicted octanol–water partition coefficient (Wildman–Crippen LogP) is 2.24. The molecule has 0 aliphatic carbocycles. The summed E-state index contributed by atoms with van der Waals surface area (Å²) in [6.45, 7) is 9.20. The van der Waals surface area contributed by atoms with Crippen molar-refractivity contribution < 1.29 is 17.9 Å². The summed E-state index contributed by atoms with van der Waals surface area (Å²) < 4.78 is 32.0. The smallest absolute Gasteiger partial charge is 0.321 e. The van der Waals surface area contributed by atoms with Crippen molar-refractivity contribution in [3.63, 3.8) is 0 Å². The minimum atomic E-state index is -3.38. The van der Waals surface area contributed by atoms with Gasteiger partial charge >= 0.3 is 6.03 Å². The van der Waals surface area contributed by atoms with Gasteiger partial charge in [0.15, 0.2) is 0 Å². The second kappa shape index (κ2) is 8.89. The first-order valence-electron chi connectivity index (χ1n) is 10.2. The van der Waals surface area contributed by atoms with Crippen LogP contribution >= 0.6 is 0 Å². The lowest BCUT2D eigenvalue weighted by Crippen LogP contribution is -2.50. The molecule has 0 bridgehead atoms. The van der Waals surface area contributed by atoms with E-state index in [0.717, 1.165) is 24.5 Å². The standard InChI is InChI=1S/C20H32N4O4S/c1-20(2,3)29(26,27)22-16-7-9-24(10-8-16)19(25)21-17-5-4-6-18(15-17)23-11-13-28-14-12-23/h4-6,15-16,22H,7-14H2,1-3H3,(H,21,25). The fourth-order valence-electron chi connectivity index (χ4n) is 3.40. The van der Waals surface area contributed by atoms with Gasteiger partial charge in [-0.1, -0.05) is 6.07 Å². The van der Waals surface area contributed by atoms with Crippen LogP contribution in [0.3, 0.4) is 0 Å². The number of hydrogen-bond donors (Lipinski definition) is 2. The van der Waals surface area contributed by atoms with Crippen molar-refractivity contribution >= 4 is 27.4 Å². The van der Waals surface area contributed by atoms with E-state index in [1.165, 1.54) is 0 Å². The van der Waals surface area contributed by atoms with Crippen molar-refractivity contribution in [2.45, 2.75) is 44.4 Å². The Hall–Kier alpha value is -1.84. The summed E-state index contributed by atoms with van der Waals surface area (Å²) in [5, 5.41) is 2.97. The molecule has 0 unspecified atom stereocenters. The molecule has 2 N–H and O–H groups in total. The van der Waals surface area contributed by atoms with Crippen LogP contribution in [0.4, 0.5) is 16.2 Å². The van der Waals surface area contributed by atoms with E-state index in [4.69, 9.17) is 4.74 Å². The summed E-state index contributed by atoms with van der Waals surface area (Å²) in [4.78, 5) is 16.6. The van der Waals surface area contributed by atoms with Gasteiger partial charge in [0.2, 0.25) is 10.0 Å². The van der Waals surface area contributed by atoms with Crippen molar-refractivity contribution in [2.75, 3.05) is 49.6 Å². The molecule has 2 saturated heterocycles. The summed E-state index contributed by atoms with van der Waals surface area (Å²) in [6, 6.07) is 7.55. The molecule has 2 fully saturated rings. The number of piperidine rings is 1. The molecule has 9 heteroatoms. The van der Waals surface area contributed by atoms with Gasteiger partial charge in [-0.05, 0) is 51.8 Å². The number of urea groups is 1. The third-order valence-corrected chi connectivity index (χ3v) is 7.64. The van der Waals surface area contributed by atoms with Gasteiger partial charge < -0.3 is 19.9 Å². The van der Waals surface area contributed by atoms with Crippen molar-refractivity contribution in [3.05, 3.63) is 24.3 Å². The number of morpholine rings is 1. The number of rotatable bonds is 4. The summed E-state index contributed by atoms with van der Waals surface area (Å²) >= 11 is 0. The van der Waals surface area contributed by atoms with E-state index < -0.39 is 14.8 Å². The number of likely N-dealkylation sites (tertiary alicyclic amines) is 1. The van der Waals surface area contributed by atoms with E-state index >= 15 is 0 Å². The van der Waals surface area contributed by atoms with Crippen LogP contribution in [0.1, 0.15) is 33.6 Å². The lowest BCUT2D eigenvalue weighted by Gasteiger charge is -2.34. The van der Waals surface area contributed by atoms with Gasteiger partial charge in [-0.15, -0.1) is 0 Å². The maximum absolute atomic E-state index is 12.6. The largest absolute Gasteiger partial charge is 0.378 e. The highest BCUT2D eigenvalue weighted by molar-refractivity contribution is 7.90. The van der Waals surface area contributed by atoms with Crippen LogP contribution < -0.4 is 14.9 Å². The van der Waals surface area contributed by atoms with Gasteiger partial charge in [0.1, 0.15) is 0 Å². The molecule has 0 radical (unpaired) electrons. The van der Waals surface area contributed by atoms with Gasteiger partial charge in [-0.25, -0.2) is 17.9 Å². The number of nitrogens with zero attached hydrogens (tertiary/aromatic N) is 2. The normalized spacial score (nSPS) is 19.3. The molecule has 3 rings (SSSR count). The molecule has 2 aliphatic rings. The van der Waals surface area contributed by atoms with Crippen LogP contribution in [0.25, 0.3) is 0 Å². The Morgan fingerprint density at radius 2 is 1.76 bits per heavy atom. The highest BCUT2D eigenvalue weighted by atomic mass is 32.2. The van der Waals surface area contributed by atoms with E-state index in [1.54, 1.807) is 25.7 Å². The first kappa shape index (κ1) is 21.9. The Morgan fingerprint density at radius 3 is 2.38 bits per heavy atom. The lowest BCUT2D eigenvalue weighted by molar-refractivity contribution is 0.122. The van der Waals surface area contributed by atoms with Gasteiger partial charge in [0.25, 0.3) is 0 Å². The van der Waals surface area contributed by atoms with E-state index in [9.17, 15) is 13.2 Å². The average Bonchev–Trinajstić information content (AvgIpc) is 2.68. The first-order chi connectivity index (χ1) is 13.7. The number of carbonyl (C=O) groups is 1. The summed E-state index contributed by atoms with van der Waals surface area (Å²) in [7, 11) is -3.38. The molecule has 0 spiro atoms. The molecule has 2 heterocycles. The molecule has 29 heavy (non-hydrogen) atoms. The van der Waals surface area contributed by atoms with Crippen molar-refractivity contribution in [1.82, 2.24) is 9.62 Å². The highest BCUT2D eigenvalue weighted by Gasteiger charge is 2.33. The van der Waals surface area contributed by atoms with E-state index in [0.29, 0.717) is 39.1 Å². The number of sulfonamides is 1. The maximum Gasteiger partial charge on any atom is 0.321 e. The van der Waals surface area contributed by atoms with Gasteiger partial charge in [-0.2, -0.15) is 0 Å². The van der Waals surface area contributed by atoms with Gasteiger partial charge in [0, 0.05) is 43.6 Å². The van der Waals surface area contributed by atoms with E-state index in [2.05, 4.69) is 14.9 Å². The molecule has 2 aliphatic heterocycles. The molecular formula is C20H32N4O4S. The Kier molecular flexibility index (Phi) is 6.70. The van der Waals surface area contributed by atoms with Crippen molar-refractivity contribution in [3.8, 4) is 0 Å². The molecule has 1 aromatic carbocycles. The Morgan fingerprint density at radius 1 is 1.10 bits per heavy atom. The zero-order chi connectivity index (χ0) is 21.1. The zero-order valence-corrected chi connectivity index (χ0v) is 18.3. The highest BCUT2D eigenvalue weighted by Crippen LogP contribution is 2.22. The number of anilines is 2. The number of nitrogens with one attached hydrogen (secondary N) is 2. The van der Waals surface area contributed by atoms with Crippen molar-refractivity contribution in [1.29, 1.82) is 0 Å². The SMILES string of the molecule is CC(C)(C)S(=O)(=O)NC1CCN(C(=O)Nc2cccc(N3CCOCC3)c2)CC1. The Bertz CT molecular complexity index is 808. The fourth-order valence-corrected chi connectivity index (χ4v) is 4.43. The summed E-state index contributed by atoms with van der Waals surface area (Å²) in [5.41, 5.74) is 1.83. The van der Waals surface area contributed by atoms with Crippen LogP contribution in [0, 0.1) is 0 Å². The molecule has 1 aromatic rings. The molecule has 0 saturated carbocycles. The third-order valence-electron chi connectivity index (χ3n) is 5.38. The van der Waals surface area contributed by atoms with Crippen LogP contribution in [0.2, 0.25) is 0 Å². The van der Waals surface area contributed by atoms with Crippen LogP contribution in [0.5, 0.6) is 0 Å². The number of amides is 2. The molecule has 8 nitrogen and oxygen atoms in total. The number of hydrogen-bond acceptors (Lipinski definition) is 5. The second-order valence-corrected chi connectivity index (χ2v) is 11.0. The zero-order valence-electron chi connectivity index (χ0n) is 17.5. The second-order valence-electron chi connectivity index (χ2n) is 8.57. The third kappa shape index (κ3) is 5.61. The van der Waals surface area contributed by atoms with Crippen molar-refractivity contribution in [2.24, 2.45) is 0 Å². The number of ether oxygens (including phenoxy) is 1. The topological polar surface area (TPSA) is 91.0 Å². The summed E-state index contributed by atoms with van der Waals surface area (Å²) in [5.74, 6) is 0. The van der Waals surface area contributed by atoms with Crippen LogP contribution in [-0.2, 0) is 14.8 Å². The summed E-state index contributed by atoms with van der Waals surface area (Å²) in [6.07, 6.45) is 1.22. The monoisotopic (exact) mass is 424 g/mol. The lowest BCUT2D eigenvalue weighted by atomic mass is 10.1. The van der Waals surface area contributed by atoms with E-state index in [1.807, 2.05) is 24.3 Å². The van der Waals surface area contributed by atoms with Crippen LogP contribution in [-0.4, -0.2) is 69.5 Å². The minimum absolute atomic E-state index is 0.132. The number of carbonyl (C=O) groups excluding carboxylic acids is 1. The molecular weight excluding hydrogens is 392 g/mol. The molecule has 0 aromatic heterocycles. The molecule has 162 valence electrons. The molecule has 2 amide bonds. The fraction of sp³-hybridized carbons (Fsp3) is 0.650. The van der Waals surface area contributed by atoms with Gasteiger partial charge in [-0.3, -0.25) is 0 Å². The predicted molar refractivity (Wildman–Crippen MR) is 115 cm³/mol. The quantitative estimate of drug-likeness (QED) is 0.774. The first-order valence-corrected chi connectivity index (χ1v) is 11.6. The molecule has 0 atom stereocenters. The van der Waals surface area contributed by atoms with Crippen LogP contribution in [0.15, 0.2) is 24.3 Å². The Balaban J connectivity index is 1.52. The average molecular weight is 425 g/mol. The maximum atomic E-state index is 12.6.